The molecule has 0 spiro atoms. The second-order valence-electron chi connectivity index (χ2n) is 3.45. The summed E-state index contributed by atoms with van der Waals surface area (Å²) in [5, 5.41) is 8.94. The third-order valence-corrected chi connectivity index (χ3v) is 10.7. The monoisotopic (exact) mass is 354 g/mol. The van der Waals surface area contributed by atoms with E-state index >= 15 is 0 Å². The Morgan fingerprint density at radius 3 is 2.06 bits per heavy atom. The number of rotatable bonds is 4. The van der Waals surface area contributed by atoms with Crippen LogP contribution in [0.5, 0.6) is 0 Å². The van der Waals surface area contributed by atoms with Crippen LogP contribution in [0, 0.1) is 0 Å². The summed E-state index contributed by atoms with van der Waals surface area (Å²) in [6, 6.07) is 0. The Bertz CT molecular complexity index is 421. The first kappa shape index (κ1) is 15.7. The van der Waals surface area contributed by atoms with Crippen molar-refractivity contribution >= 4 is 70.6 Å². The van der Waals surface area contributed by atoms with Crippen LogP contribution in [0.2, 0.25) is 0 Å². The highest BCUT2D eigenvalue weighted by atomic mass is 32.3. The van der Waals surface area contributed by atoms with E-state index in [0.717, 1.165) is 5.75 Å². The smallest absolute Gasteiger partial charge is 0.0717 e. The van der Waals surface area contributed by atoms with E-state index < -0.39 is 0 Å². The van der Waals surface area contributed by atoms with Gasteiger partial charge in [-0.15, -0.1) is 23.5 Å². The van der Waals surface area contributed by atoms with Gasteiger partial charge in [-0.25, -0.2) is 0 Å². The predicted molar refractivity (Wildman–Crippen MR) is 95.8 cm³/mol. The Morgan fingerprint density at radius 2 is 1.50 bits per heavy atom. The van der Waals surface area contributed by atoms with Crippen molar-refractivity contribution in [1.82, 2.24) is 0 Å². The minimum Gasteiger partial charge on any atom is -0.396 e. The van der Waals surface area contributed by atoms with Gasteiger partial charge in [0.2, 0.25) is 0 Å². The number of hydrogen-bond donors (Lipinski definition) is 1. The van der Waals surface area contributed by atoms with Gasteiger partial charge >= 0.3 is 0 Å². The van der Waals surface area contributed by atoms with Gasteiger partial charge in [-0.05, 0) is 29.9 Å². The molecule has 2 rings (SSSR count). The molecule has 0 atom stereocenters. The molecule has 2 aliphatic heterocycles. The third kappa shape index (κ3) is 3.68. The summed E-state index contributed by atoms with van der Waals surface area (Å²) < 4.78 is 5.56. The Morgan fingerprint density at radius 1 is 0.944 bits per heavy atom. The number of hydrogen-bond acceptors (Lipinski definition) is 7. The molecule has 7 heteroatoms. The van der Waals surface area contributed by atoms with Gasteiger partial charge in [0, 0.05) is 5.75 Å². The van der Waals surface area contributed by atoms with Crippen molar-refractivity contribution in [3.8, 4) is 0 Å². The lowest BCUT2D eigenvalue weighted by Gasteiger charge is -2.01. The molecule has 100 valence electrons. The van der Waals surface area contributed by atoms with Crippen LogP contribution < -0.4 is 0 Å². The Hall–Kier alpha value is 1.28. The summed E-state index contributed by atoms with van der Waals surface area (Å²) in [6.07, 6.45) is 2.12. The van der Waals surface area contributed by atoms with Gasteiger partial charge < -0.3 is 5.11 Å². The van der Waals surface area contributed by atoms with Crippen LogP contribution >= 0.6 is 70.6 Å². The van der Waals surface area contributed by atoms with E-state index in [-0.39, 0.29) is 6.61 Å². The Labute approximate surface area is 134 Å². The van der Waals surface area contributed by atoms with Gasteiger partial charge in [0.25, 0.3) is 0 Å². The van der Waals surface area contributed by atoms with E-state index in [4.69, 9.17) is 5.11 Å². The third-order valence-electron chi connectivity index (χ3n) is 2.20. The standard InChI is InChI=1S/C11H14OS6/c1-6-7(2)16-10(15-6)11-17-8(13-3)9(18-11)14-5-4-12/h12H,4-5H2,1-3H3. The fourth-order valence-corrected chi connectivity index (χ4v) is 9.30. The van der Waals surface area contributed by atoms with Gasteiger partial charge in [-0.1, -0.05) is 47.0 Å². The number of aliphatic hydroxyl groups is 1. The first-order chi connectivity index (χ1) is 8.65. The molecule has 0 bridgehead atoms. The zero-order valence-electron chi connectivity index (χ0n) is 10.3. The molecule has 1 nitrogen and oxygen atoms in total. The average Bonchev–Trinajstić information content (AvgIpc) is 2.91. The maximum atomic E-state index is 8.94. The van der Waals surface area contributed by atoms with E-state index in [0.29, 0.717) is 0 Å². The second kappa shape index (κ2) is 7.33. The topological polar surface area (TPSA) is 20.2 Å². The van der Waals surface area contributed by atoms with Crippen LogP contribution in [0.1, 0.15) is 13.8 Å². The lowest BCUT2D eigenvalue weighted by molar-refractivity contribution is 0.322. The highest BCUT2D eigenvalue weighted by molar-refractivity contribution is 8.42. The summed E-state index contributed by atoms with van der Waals surface area (Å²) in [6.45, 7) is 4.63. The fraction of sp³-hybridized carbons (Fsp3) is 0.455. The summed E-state index contributed by atoms with van der Waals surface area (Å²) in [5.74, 6) is 0.784. The molecule has 0 aromatic rings. The second-order valence-corrected chi connectivity index (χ2v) is 10.9. The molecule has 1 N–H and O–H groups in total. The molecule has 0 saturated carbocycles. The summed E-state index contributed by atoms with van der Waals surface area (Å²) >= 11 is 11.1. The molecule has 0 saturated heterocycles. The van der Waals surface area contributed by atoms with Crippen LogP contribution in [0.3, 0.4) is 0 Å². The zero-order valence-corrected chi connectivity index (χ0v) is 15.2. The normalized spacial score (nSPS) is 20.7. The van der Waals surface area contributed by atoms with Gasteiger partial charge in [-0.3, -0.25) is 0 Å². The van der Waals surface area contributed by atoms with Crippen LogP contribution in [0.15, 0.2) is 26.8 Å². The SMILES string of the molecule is CSC1=C(SCCO)SC(=C2SC(C)=C(C)S2)S1. The highest BCUT2D eigenvalue weighted by Gasteiger charge is 2.27. The van der Waals surface area contributed by atoms with Crippen molar-refractivity contribution in [2.24, 2.45) is 0 Å². The van der Waals surface area contributed by atoms with Crippen LogP contribution in [-0.2, 0) is 0 Å². The molecule has 0 unspecified atom stereocenters. The molecule has 0 amide bonds. The predicted octanol–water partition coefficient (Wildman–Crippen LogP) is 5.54. The largest absolute Gasteiger partial charge is 0.396 e. The zero-order chi connectivity index (χ0) is 13.1. The number of thioether (sulfide) groups is 6. The van der Waals surface area contributed by atoms with Gasteiger partial charge in [0.05, 0.1) is 23.6 Å². The Balaban J connectivity index is 2.07. The quantitative estimate of drug-likeness (QED) is 0.706. The maximum Gasteiger partial charge on any atom is 0.0717 e. The van der Waals surface area contributed by atoms with E-state index in [2.05, 4.69) is 20.1 Å². The fourth-order valence-electron chi connectivity index (χ4n) is 1.23. The number of allylic oxidation sites excluding steroid dienone is 2. The van der Waals surface area contributed by atoms with Crippen molar-refractivity contribution in [1.29, 1.82) is 0 Å². The van der Waals surface area contributed by atoms with Gasteiger partial charge in [0.15, 0.2) is 0 Å². The lowest BCUT2D eigenvalue weighted by Crippen LogP contribution is -1.84. The Kier molecular flexibility index (Phi) is 6.38. The van der Waals surface area contributed by atoms with Crippen LogP contribution in [0.25, 0.3) is 0 Å². The molecule has 0 aliphatic carbocycles. The van der Waals surface area contributed by atoms with E-state index in [1.807, 2.05) is 58.8 Å². The first-order valence-corrected chi connectivity index (χ1v) is 10.8. The molecular weight excluding hydrogens is 341 g/mol. The summed E-state index contributed by atoms with van der Waals surface area (Å²) in [5.41, 5.74) is 0. The molecular formula is C11H14OS6. The minimum absolute atomic E-state index is 0.246. The van der Waals surface area contributed by atoms with Crippen molar-refractivity contribution in [3.05, 3.63) is 26.8 Å². The lowest BCUT2D eigenvalue weighted by atomic mass is 10.6. The molecule has 18 heavy (non-hydrogen) atoms. The average molecular weight is 355 g/mol. The summed E-state index contributed by atoms with van der Waals surface area (Å²) in [7, 11) is 0. The van der Waals surface area contributed by atoms with Crippen molar-refractivity contribution < 1.29 is 5.11 Å². The molecule has 0 radical (unpaired) electrons. The van der Waals surface area contributed by atoms with E-state index in [1.54, 1.807) is 11.8 Å². The van der Waals surface area contributed by atoms with Crippen molar-refractivity contribution in [3.63, 3.8) is 0 Å². The van der Waals surface area contributed by atoms with E-state index in [1.165, 1.54) is 26.8 Å². The maximum absolute atomic E-state index is 8.94. The van der Waals surface area contributed by atoms with Gasteiger partial charge in [0.1, 0.15) is 0 Å². The van der Waals surface area contributed by atoms with Crippen molar-refractivity contribution in [2.75, 3.05) is 18.6 Å². The highest BCUT2D eigenvalue weighted by Crippen LogP contribution is 2.63. The minimum atomic E-state index is 0.246. The van der Waals surface area contributed by atoms with Crippen LogP contribution in [-0.4, -0.2) is 23.7 Å². The summed E-state index contributed by atoms with van der Waals surface area (Å²) in [4.78, 5) is 2.84. The molecule has 0 aromatic heterocycles. The molecule has 2 heterocycles. The van der Waals surface area contributed by atoms with Crippen LogP contribution in [0.4, 0.5) is 0 Å². The molecule has 0 fully saturated rings. The molecule has 2 aliphatic rings. The number of aliphatic hydroxyl groups excluding tert-OH is 1. The van der Waals surface area contributed by atoms with E-state index in [9.17, 15) is 0 Å². The van der Waals surface area contributed by atoms with Crippen molar-refractivity contribution in [2.45, 2.75) is 13.8 Å². The van der Waals surface area contributed by atoms with Gasteiger partial charge in [-0.2, -0.15) is 0 Å². The molecule has 0 aromatic carbocycles. The first-order valence-electron chi connectivity index (χ1n) is 5.30.